The minimum atomic E-state index is -0.380. The van der Waals surface area contributed by atoms with Crippen molar-refractivity contribution in [2.45, 2.75) is 64.8 Å². The largest absolute Gasteiger partial charge is 0.370 e. The molecule has 5 heteroatoms. The average Bonchev–Trinajstić information content (AvgIpc) is 2.38. The van der Waals surface area contributed by atoms with Crippen LogP contribution in [0.15, 0.2) is 0 Å². The number of nitrogens with two attached hydrogens (primary N) is 2. The van der Waals surface area contributed by atoms with Gasteiger partial charge in [0.15, 0.2) is 11.7 Å². The summed E-state index contributed by atoms with van der Waals surface area (Å²) in [5.74, 6) is 0.191. The molecule has 6 N–H and O–H groups in total. The number of Topliss-reactive ketones (excluding diaryl/α,β-unsaturated/α-hetero) is 1. The number of guanidine groups is 1. The Morgan fingerprint density at radius 1 is 1.21 bits per heavy atom. The Balaban J connectivity index is 3.74. The molecule has 0 bridgehead atoms. The summed E-state index contributed by atoms with van der Waals surface area (Å²) in [7, 11) is 0. The van der Waals surface area contributed by atoms with Crippen LogP contribution in [0.4, 0.5) is 0 Å². The van der Waals surface area contributed by atoms with Crippen LogP contribution in [0.1, 0.15) is 58.8 Å². The molecule has 0 aromatic heterocycles. The third kappa shape index (κ3) is 9.47. The maximum absolute atomic E-state index is 12.0. The Kier molecular flexibility index (Phi) is 10.2. The predicted molar refractivity (Wildman–Crippen MR) is 80.1 cm³/mol. The van der Waals surface area contributed by atoms with Gasteiger partial charge in [0, 0.05) is 12.5 Å². The fourth-order valence-electron chi connectivity index (χ4n) is 2.07. The van der Waals surface area contributed by atoms with E-state index in [1.54, 1.807) is 0 Å². The molecule has 19 heavy (non-hydrogen) atoms. The van der Waals surface area contributed by atoms with Crippen molar-refractivity contribution in [3.05, 3.63) is 0 Å². The fourth-order valence-corrected chi connectivity index (χ4v) is 2.07. The van der Waals surface area contributed by atoms with Crippen LogP contribution in [-0.4, -0.2) is 24.3 Å². The Hall–Kier alpha value is -1.10. The van der Waals surface area contributed by atoms with E-state index < -0.39 is 0 Å². The molecule has 0 saturated carbocycles. The zero-order chi connectivity index (χ0) is 14.7. The van der Waals surface area contributed by atoms with Crippen LogP contribution >= 0.6 is 0 Å². The van der Waals surface area contributed by atoms with Crippen LogP contribution in [0.3, 0.4) is 0 Å². The second kappa shape index (κ2) is 10.8. The molecule has 0 radical (unpaired) electrons. The molecular formula is C14H30N4O. The molecule has 0 spiro atoms. The number of unbranched alkanes of at least 4 members (excludes halogenated alkanes) is 3. The molecule has 0 amide bonds. The quantitative estimate of drug-likeness (QED) is 0.261. The number of carbonyl (C=O) groups excluding carboxylic acids is 1. The van der Waals surface area contributed by atoms with Gasteiger partial charge in [-0.1, -0.05) is 39.5 Å². The monoisotopic (exact) mass is 270 g/mol. The lowest BCUT2D eigenvalue weighted by Crippen LogP contribution is -2.36. The normalized spacial score (nSPS) is 13.8. The van der Waals surface area contributed by atoms with Crippen LogP contribution in [0, 0.1) is 11.3 Å². The highest BCUT2D eigenvalue weighted by Gasteiger charge is 2.19. The van der Waals surface area contributed by atoms with Crippen molar-refractivity contribution in [1.29, 1.82) is 5.41 Å². The minimum absolute atomic E-state index is 0.0378. The van der Waals surface area contributed by atoms with Crippen molar-refractivity contribution in [3.63, 3.8) is 0 Å². The van der Waals surface area contributed by atoms with Gasteiger partial charge in [-0.3, -0.25) is 10.2 Å². The highest BCUT2D eigenvalue weighted by molar-refractivity contribution is 5.85. The van der Waals surface area contributed by atoms with Gasteiger partial charge in [-0.2, -0.15) is 0 Å². The first-order chi connectivity index (χ1) is 8.99. The predicted octanol–water partition coefficient (Wildman–Crippen LogP) is 1.75. The SMILES string of the molecule is CCCCCCC(C)C(=O)C(N)CCCNC(=N)N. The summed E-state index contributed by atoms with van der Waals surface area (Å²) in [5.41, 5.74) is 11.1. The summed E-state index contributed by atoms with van der Waals surface area (Å²) >= 11 is 0. The van der Waals surface area contributed by atoms with Crippen molar-refractivity contribution in [1.82, 2.24) is 5.32 Å². The molecule has 5 nitrogen and oxygen atoms in total. The van der Waals surface area contributed by atoms with Crippen molar-refractivity contribution >= 4 is 11.7 Å². The van der Waals surface area contributed by atoms with Crippen LogP contribution in [0.2, 0.25) is 0 Å². The third-order valence-electron chi connectivity index (χ3n) is 3.35. The highest BCUT2D eigenvalue weighted by Crippen LogP contribution is 2.13. The van der Waals surface area contributed by atoms with E-state index in [2.05, 4.69) is 12.2 Å². The van der Waals surface area contributed by atoms with E-state index in [0.29, 0.717) is 13.0 Å². The highest BCUT2D eigenvalue weighted by atomic mass is 16.1. The van der Waals surface area contributed by atoms with Crippen molar-refractivity contribution < 1.29 is 4.79 Å². The van der Waals surface area contributed by atoms with Crippen LogP contribution in [0.5, 0.6) is 0 Å². The van der Waals surface area contributed by atoms with Crippen molar-refractivity contribution in [2.24, 2.45) is 17.4 Å². The molecule has 0 heterocycles. The summed E-state index contributed by atoms with van der Waals surface area (Å²) < 4.78 is 0. The number of carbonyl (C=O) groups is 1. The van der Waals surface area contributed by atoms with E-state index in [0.717, 1.165) is 19.3 Å². The van der Waals surface area contributed by atoms with E-state index in [9.17, 15) is 4.79 Å². The van der Waals surface area contributed by atoms with E-state index >= 15 is 0 Å². The lowest BCUT2D eigenvalue weighted by Gasteiger charge is -2.16. The molecule has 0 aliphatic heterocycles. The van der Waals surface area contributed by atoms with E-state index in [1.165, 1.54) is 19.3 Å². The van der Waals surface area contributed by atoms with Crippen LogP contribution < -0.4 is 16.8 Å². The van der Waals surface area contributed by atoms with Gasteiger partial charge in [0.2, 0.25) is 0 Å². The van der Waals surface area contributed by atoms with Gasteiger partial charge in [0.25, 0.3) is 0 Å². The Bertz CT molecular complexity index is 268. The number of ketones is 1. The number of hydrogen-bond acceptors (Lipinski definition) is 3. The maximum Gasteiger partial charge on any atom is 0.185 e. The number of hydrogen-bond donors (Lipinski definition) is 4. The first-order valence-corrected chi connectivity index (χ1v) is 7.36. The first-order valence-electron chi connectivity index (χ1n) is 7.36. The molecule has 0 aliphatic carbocycles. The molecule has 0 fully saturated rings. The topological polar surface area (TPSA) is 105 Å². The molecule has 0 aliphatic rings. The summed E-state index contributed by atoms with van der Waals surface area (Å²) in [5, 5.41) is 9.72. The smallest absolute Gasteiger partial charge is 0.185 e. The Morgan fingerprint density at radius 2 is 1.89 bits per heavy atom. The lowest BCUT2D eigenvalue weighted by atomic mass is 9.92. The number of rotatable bonds is 11. The second-order valence-corrected chi connectivity index (χ2v) is 5.24. The zero-order valence-electron chi connectivity index (χ0n) is 12.4. The fraction of sp³-hybridized carbons (Fsp3) is 0.857. The van der Waals surface area contributed by atoms with Gasteiger partial charge in [0.05, 0.1) is 6.04 Å². The maximum atomic E-state index is 12.0. The number of nitrogens with one attached hydrogen (secondary N) is 2. The molecule has 0 rings (SSSR count). The van der Waals surface area contributed by atoms with Gasteiger partial charge >= 0.3 is 0 Å². The van der Waals surface area contributed by atoms with Gasteiger partial charge in [-0.15, -0.1) is 0 Å². The second-order valence-electron chi connectivity index (χ2n) is 5.24. The molecule has 0 aromatic carbocycles. The van der Waals surface area contributed by atoms with Gasteiger partial charge in [-0.25, -0.2) is 0 Å². The minimum Gasteiger partial charge on any atom is -0.370 e. The van der Waals surface area contributed by atoms with E-state index in [1.807, 2.05) is 6.92 Å². The van der Waals surface area contributed by atoms with Gasteiger partial charge < -0.3 is 16.8 Å². The molecule has 2 unspecified atom stereocenters. The van der Waals surface area contributed by atoms with Crippen molar-refractivity contribution in [3.8, 4) is 0 Å². The van der Waals surface area contributed by atoms with E-state index in [-0.39, 0.29) is 23.7 Å². The molecular weight excluding hydrogens is 240 g/mol. The van der Waals surface area contributed by atoms with Gasteiger partial charge in [0.1, 0.15) is 0 Å². The zero-order valence-corrected chi connectivity index (χ0v) is 12.4. The average molecular weight is 270 g/mol. The van der Waals surface area contributed by atoms with Crippen molar-refractivity contribution in [2.75, 3.05) is 6.54 Å². The van der Waals surface area contributed by atoms with E-state index in [4.69, 9.17) is 16.9 Å². The molecule has 0 aromatic rings. The summed E-state index contributed by atoms with van der Waals surface area (Å²) in [6.45, 7) is 4.75. The lowest BCUT2D eigenvalue weighted by molar-refractivity contribution is -0.124. The first kappa shape index (κ1) is 17.9. The Labute approximate surface area is 117 Å². The van der Waals surface area contributed by atoms with Gasteiger partial charge in [-0.05, 0) is 19.3 Å². The molecule has 2 atom stereocenters. The third-order valence-corrected chi connectivity index (χ3v) is 3.35. The standard InChI is InChI=1S/C14H30N4O/c1-3-4-5-6-8-11(2)13(19)12(15)9-7-10-18-14(16)17/h11-12H,3-10,15H2,1-2H3,(H4,16,17,18). The van der Waals surface area contributed by atoms with Crippen LogP contribution in [0.25, 0.3) is 0 Å². The summed E-state index contributed by atoms with van der Waals surface area (Å²) in [4.78, 5) is 12.0. The molecule has 0 saturated heterocycles. The summed E-state index contributed by atoms with van der Waals surface area (Å²) in [6, 6.07) is -0.380. The van der Waals surface area contributed by atoms with Crippen LogP contribution in [-0.2, 0) is 4.79 Å². The summed E-state index contributed by atoms with van der Waals surface area (Å²) in [6.07, 6.45) is 7.12. The molecule has 112 valence electrons. The Morgan fingerprint density at radius 3 is 2.47 bits per heavy atom.